The fourth-order valence-electron chi connectivity index (χ4n) is 4.18. The molecule has 0 spiro atoms. The highest BCUT2D eigenvalue weighted by atomic mass is 32.2. The maximum Gasteiger partial charge on any atom is 0.234 e. The summed E-state index contributed by atoms with van der Waals surface area (Å²) in [6, 6.07) is 11.6. The van der Waals surface area contributed by atoms with Gasteiger partial charge in [-0.1, -0.05) is 41.6 Å². The first kappa shape index (κ1) is 21.9. The Labute approximate surface area is 188 Å². The van der Waals surface area contributed by atoms with Gasteiger partial charge in [0.1, 0.15) is 0 Å². The van der Waals surface area contributed by atoms with Crippen molar-refractivity contribution in [3.63, 3.8) is 0 Å². The molecular weight excluding hydrogens is 430 g/mol. The van der Waals surface area contributed by atoms with Gasteiger partial charge in [-0.2, -0.15) is 0 Å². The normalized spacial score (nSPS) is 21.7. The fourth-order valence-corrected chi connectivity index (χ4v) is 6.94. The van der Waals surface area contributed by atoms with Gasteiger partial charge in [-0.25, -0.2) is 8.42 Å². The molecule has 0 aromatic heterocycles. The summed E-state index contributed by atoms with van der Waals surface area (Å²) in [6.45, 7) is 8.01. The number of amidine groups is 1. The lowest BCUT2D eigenvalue weighted by Gasteiger charge is -2.28. The van der Waals surface area contributed by atoms with E-state index in [0.29, 0.717) is 5.17 Å². The molecular formula is C23H27N3O3S2. The maximum atomic E-state index is 12.6. The maximum absolute atomic E-state index is 12.6. The molecule has 0 bridgehead atoms. The number of thioether (sulfide) groups is 1. The number of carbonyl (C=O) groups is 1. The number of carbonyl (C=O) groups excluding carboxylic acids is 1. The van der Waals surface area contributed by atoms with Gasteiger partial charge in [0.15, 0.2) is 15.0 Å². The highest BCUT2D eigenvalue weighted by Gasteiger charge is 2.47. The standard InChI is InChI=1S/C23H27N3O3S2/c1-14-6-8-20(17(4)9-14)26-21-13-31(28,29)12-19(21)25-23(26)30-11-22(27)24-18-10-15(2)5-7-16(18)3/h5-10,19,21H,11-13H2,1-4H3,(H,24,27). The van der Waals surface area contributed by atoms with Crippen molar-refractivity contribution in [2.45, 2.75) is 39.8 Å². The lowest BCUT2D eigenvalue weighted by molar-refractivity contribution is -0.113. The number of anilines is 2. The average molecular weight is 458 g/mol. The summed E-state index contributed by atoms with van der Waals surface area (Å²) in [6.07, 6.45) is 0. The van der Waals surface area contributed by atoms with Crippen molar-refractivity contribution in [3.05, 3.63) is 58.7 Å². The van der Waals surface area contributed by atoms with Crippen LogP contribution in [0.15, 0.2) is 41.4 Å². The number of fused-ring (bicyclic) bond motifs is 1. The van der Waals surface area contributed by atoms with Gasteiger partial charge in [0.2, 0.25) is 5.91 Å². The summed E-state index contributed by atoms with van der Waals surface area (Å²) < 4.78 is 24.5. The molecule has 8 heteroatoms. The van der Waals surface area contributed by atoms with Crippen LogP contribution in [0, 0.1) is 27.7 Å². The van der Waals surface area contributed by atoms with Crippen molar-refractivity contribution in [2.75, 3.05) is 27.5 Å². The molecule has 164 valence electrons. The third-order valence-electron chi connectivity index (χ3n) is 5.72. The lowest BCUT2D eigenvalue weighted by atomic mass is 10.1. The van der Waals surface area contributed by atoms with Gasteiger partial charge in [-0.05, 0) is 56.5 Å². The fraction of sp³-hybridized carbons (Fsp3) is 0.391. The van der Waals surface area contributed by atoms with Crippen LogP contribution in [0.4, 0.5) is 11.4 Å². The smallest absolute Gasteiger partial charge is 0.234 e. The first-order chi connectivity index (χ1) is 14.6. The molecule has 1 N–H and O–H groups in total. The number of rotatable bonds is 4. The Balaban J connectivity index is 1.54. The summed E-state index contributed by atoms with van der Waals surface area (Å²) >= 11 is 1.36. The number of hydrogen-bond acceptors (Lipinski definition) is 6. The van der Waals surface area contributed by atoms with Crippen molar-refractivity contribution >= 4 is 44.0 Å². The van der Waals surface area contributed by atoms with Crippen molar-refractivity contribution in [1.29, 1.82) is 0 Å². The summed E-state index contributed by atoms with van der Waals surface area (Å²) in [5.74, 6) is 0.261. The van der Waals surface area contributed by atoms with Crippen LogP contribution in [0.3, 0.4) is 0 Å². The highest BCUT2D eigenvalue weighted by Crippen LogP contribution is 2.36. The Morgan fingerprint density at radius 1 is 1.06 bits per heavy atom. The minimum absolute atomic E-state index is 0.0673. The van der Waals surface area contributed by atoms with E-state index < -0.39 is 9.84 Å². The van der Waals surface area contributed by atoms with E-state index in [-0.39, 0.29) is 35.2 Å². The molecule has 2 aliphatic rings. The molecule has 1 saturated heterocycles. The molecule has 1 amide bonds. The molecule has 31 heavy (non-hydrogen) atoms. The second-order valence-corrected chi connectivity index (χ2v) is 11.5. The van der Waals surface area contributed by atoms with E-state index in [4.69, 9.17) is 4.99 Å². The van der Waals surface area contributed by atoms with Gasteiger partial charge in [0.05, 0.1) is 29.3 Å². The number of nitrogens with zero attached hydrogens (tertiary/aromatic N) is 2. The summed E-state index contributed by atoms with van der Waals surface area (Å²) in [7, 11) is -3.11. The number of benzene rings is 2. The van der Waals surface area contributed by atoms with Crippen molar-refractivity contribution < 1.29 is 13.2 Å². The SMILES string of the molecule is Cc1ccc(N2C(SCC(=O)Nc3cc(C)ccc3C)=NC3CS(=O)(=O)CC32)c(C)c1. The Morgan fingerprint density at radius 3 is 2.52 bits per heavy atom. The zero-order valence-electron chi connectivity index (χ0n) is 18.2. The van der Waals surface area contributed by atoms with Gasteiger partial charge in [-0.15, -0.1) is 0 Å². The van der Waals surface area contributed by atoms with Crippen molar-refractivity contribution in [1.82, 2.24) is 0 Å². The topological polar surface area (TPSA) is 78.8 Å². The molecule has 2 aromatic carbocycles. The molecule has 2 aromatic rings. The van der Waals surface area contributed by atoms with E-state index in [2.05, 4.69) is 11.4 Å². The zero-order valence-corrected chi connectivity index (χ0v) is 19.8. The van der Waals surface area contributed by atoms with Gasteiger partial charge in [0, 0.05) is 11.4 Å². The number of aliphatic imine (C=N–C) groups is 1. The molecule has 4 rings (SSSR count). The number of amides is 1. The van der Waals surface area contributed by atoms with E-state index >= 15 is 0 Å². The Kier molecular flexibility index (Phi) is 5.87. The Morgan fingerprint density at radius 2 is 1.77 bits per heavy atom. The quantitative estimate of drug-likeness (QED) is 0.758. The van der Waals surface area contributed by atoms with E-state index in [1.165, 1.54) is 11.8 Å². The molecule has 0 saturated carbocycles. The van der Waals surface area contributed by atoms with Crippen LogP contribution in [-0.2, 0) is 14.6 Å². The second kappa shape index (κ2) is 8.31. The highest BCUT2D eigenvalue weighted by molar-refractivity contribution is 8.14. The Hall–Kier alpha value is -2.32. The number of aryl methyl sites for hydroxylation is 4. The van der Waals surface area contributed by atoms with Crippen LogP contribution in [0.1, 0.15) is 22.3 Å². The first-order valence-corrected chi connectivity index (χ1v) is 13.1. The second-order valence-electron chi connectivity index (χ2n) is 8.44. The van der Waals surface area contributed by atoms with Crippen molar-refractivity contribution in [2.24, 2.45) is 4.99 Å². The van der Waals surface area contributed by atoms with Crippen molar-refractivity contribution in [3.8, 4) is 0 Å². The average Bonchev–Trinajstić information content (AvgIpc) is 3.14. The number of sulfone groups is 1. The number of nitrogens with one attached hydrogen (secondary N) is 1. The number of hydrogen-bond donors (Lipinski definition) is 1. The van der Waals surface area contributed by atoms with Crippen LogP contribution in [0.2, 0.25) is 0 Å². The van der Waals surface area contributed by atoms with Crippen LogP contribution >= 0.6 is 11.8 Å². The summed E-state index contributed by atoms with van der Waals surface area (Å²) in [4.78, 5) is 19.4. The molecule has 0 aliphatic carbocycles. The Bertz CT molecular complexity index is 1170. The first-order valence-electron chi connectivity index (χ1n) is 10.3. The van der Waals surface area contributed by atoms with E-state index in [0.717, 1.165) is 33.6 Å². The molecule has 2 heterocycles. The predicted octanol–water partition coefficient (Wildman–Crippen LogP) is 3.63. The minimum atomic E-state index is -3.11. The zero-order chi connectivity index (χ0) is 22.3. The van der Waals surface area contributed by atoms with Gasteiger partial charge in [0.25, 0.3) is 0 Å². The van der Waals surface area contributed by atoms with Crippen LogP contribution < -0.4 is 10.2 Å². The van der Waals surface area contributed by atoms with E-state index in [1.807, 2.05) is 62.9 Å². The third kappa shape index (κ3) is 4.65. The monoisotopic (exact) mass is 457 g/mol. The van der Waals surface area contributed by atoms with Crippen LogP contribution in [0.25, 0.3) is 0 Å². The largest absolute Gasteiger partial charge is 0.325 e. The van der Waals surface area contributed by atoms with Gasteiger partial charge in [-0.3, -0.25) is 9.79 Å². The molecule has 2 atom stereocenters. The third-order valence-corrected chi connectivity index (χ3v) is 8.38. The predicted molar refractivity (Wildman–Crippen MR) is 129 cm³/mol. The molecule has 6 nitrogen and oxygen atoms in total. The van der Waals surface area contributed by atoms with E-state index in [1.54, 1.807) is 0 Å². The summed E-state index contributed by atoms with van der Waals surface area (Å²) in [5, 5.41) is 3.70. The van der Waals surface area contributed by atoms with E-state index in [9.17, 15) is 13.2 Å². The van der Waals surface area contributed by atoms with Gasteiger partial charge < -0.3 is 10.2 Å². The van der Waals surface area contributed by atoms with Crippen LogP contribution in [-0.4, -0.2) is 48.8 Å². The molecule has 0 radical (unpaired) electrons. The lowest BCUT2D eigenvalue weighted by Crippen LogP contribution is -2.39. The van der Waals surface area contributed by atoms with Crippen LogP contribution in [0.5, 0.6) is 0 Å². The molecule has 1 fully saturated rings. The minimum Gasteiger partial charge on any atom is -0.325 e. The van der Waals surface area contributed by atoms with Gasteiger partial charge >= 0.3 is 0 Å². The summed E-state index contributed by atoms with van der Waals surface area (Å²) in [5.41, 5.74) is 6.08. The molecule has 2 unspecified atom stereocenters. The molecule has 2 aliphatic heterocycles.